The van der Waals surface area contributed by atoms with Crippen LogP contribution in [0.15, 0.2) is 18.2 Å². The van der Waals surface area contributed by atoms with Gasteiger partial charge in [0.05, 0.1) is 11.3 Å². The van der Waals surface area contributed by atoms with Gasteiger partial charge < -0.3 is 10.6 Å². The Hall–Kier alpha value is -1.24. The minimum atomic E-state index is 0.353. The number of hydrogen-bond donors (Lipinski definition) is 2. The summed E-state index contributed by atoms with van der Waals surface area (Å²) in [5.41, 5.74) is 1.48. The van der Waals surface area contributed by atoms with Crippen LogP contribution in [0.25, 0.3) is 0 Å². The van der Waals surface area contributed by atoms with E-state index in [1.165, 1.54) is 12.8 Å². The second kappa shape index (κ2) is 6.08. The minimum absolute atomic E-state index is 0.353. The summed E-state index contributed by atoms with van der Waals surface area (Å²) < 4.78 is 0. The average Bonchev–Trinajstić information content (AvgIpc) is 2.41. The Morgan fingerprint density at radius 1 is 1.56 bits per heavy atom. The van der Waals surface area contributed by atoms with Gasteiger partial charge in [0, 0.05) is 11.1 Å². The lowest BCUT2D eigenvalue weighted by Gasteiger charge is -2.29. The van der Waals surface area contributed by atoms with Crippen LogP contribution in [-0.2, 0) is 0 Å². The van der Waals surface area contributed by atoms with E-state index in [2.05, 4.69) is 23.6 Å². The standard InChI is InChI=1S/C14H18ClN3/c1-10(11-3-2-6-17-9-11)18-14-5-4-13(15)7-12(14)8-16/h4-5,7,10-11,17-18H,2-3,6,9H2,1H3. The number of nitrogens with zero attached hydrogens (tertiary/aromatic N) is 1. The van der Waals surface area contributed by atoms with Crippen LogP contribution in [0, 0.1) is 17.2 Å². The van der Waals surface area contributed by atoms with E-state index in [0.29, 0.717) is 22.5 Å². The first-order chi connectivity index (χ1) is 8.70. The molecule has 1 aromatic rings. The fourth-order valence-electron chi connectivity index (χ4n) is 2.40. The summed E-state index contributed by atoms with van der Waals surface area (Å²) in [4.78, 5) is 0. The maximum absolute atomic E-state index is 9.11. The summed E-state index contributed by atoms with van der Waals surface area (Å²) in [5.74, 6) is 0.612. The molecule has 1 aromatic carbocycles. The number of rotatable bonds is 3. The molecule has 0 bridgehead atoms. The largest absolute Gasteiger partial charge is 0.381 e. The summed E-state index contributed by atoms with van der Waals surface area (Å²) in [6, 6.07) is 7.94. The van der Waals surface area contributed by atoms with E-state index in [0.717, 1.165) is 18.8 Å². The molecule has 1 saturated heterocycles. The molecule has 2 atom stereocenters. The zero-order chi connectivity index (χ0) is 13.0. The molecule has 0 aromatic heterocycles. The van der Waals surface area contributed by atoms with Crippen LogP contribution in [0.3, 0.4) is 0 Å². The number of piperidine rings is 1. The summed E-state index contributed by atoms with van der Waals surface area (Å²) in [7, 11) is 0. The van der Waals surface area contributed by atoms with Gasteiger partial charge in [0.2, 0.25) is 0 Å². The third kappa shape index (κ3) is 3.16. The molecule has 18 heavy (non-hydrogen) atoms. The average molecular weight is 264 g/mol. The first-order valence-corrected chi connectivity index (χ1v) is 6.75. The van der Waals surface area contributed by atoms with E-state index in [1.807, 2.05) is 12.1 Å². The Morgan fingerprint density at radius 2 is 2.39 bits per heavy atom. The van der Waals surface area contributed by atoms with Gasteiger partial charge in [-0.15, -0.1) is 0 Å². The zero-order valence-electron chi connectivity index (χ0n) is 10.5. The number of hydrogen-bond acceptors (Lipinski definition) is 3. The van der Waals surface area contributed by atoms with Crippen LogP contribution >= 0.6 is 11.6 Å². The van der Waals surface area contributed by atoms with Gasteiger partial charge in [-0.1, -0.05) is 11.6 Å². The van der Waals surface area contributed by atoms with Crippen LogP contribution in [0.4, 0.5) is 5.69 Å². The maximum atomic E-state index is 9.11. The van der Waals surface area contributed by atoms with Crippen LogP contribution in [0.1, 0.15) is 25.3 Å². The third-order valence-corrected chi connectivity index (χ3v) is 3.76. The van der Waals surface area contributed by atoms with Crippen LogP contribution < -0.4 is 10.6 Å². The summed E-state index contributed by atoms with van der Waals surface area (Å²) >= 11 is 5.89. The van der Waals surface area contributed by atoms with E-state index in [1.54, 1.807) is 6.07 Å². The van der Waals surface area contributed by atoms with E-state index in [4.69, 9.17) is 16.9 Å². The first kappa shape index (κ1) is 13.2. The Balaban J connectivity index is 2.06. The zero-order valence-corrected chi connectivity index (χ0v) is 11.3. The maximum Gasteiger partial charge on any atom is 0.101 e. The van der Waals surface area contributed by atoms with Crippen molar-refractivity contribution in [3.05, 3.63) is 28.8 Å². The Kier molecular flexibility index (Phi) is 4.46. The molecule has 2 rings (SSSR count). The SMILES string of the molecule is CC(Nc1ccc(Cl)cc1C#N)C1CCCNC1. The van der Waals surface area contributed by atoms with Crippen molar-refractivity contribution in [2.24, 2.45) is 5.92 Å². The molecule has 0 amide bonds. The summed E-state index contributed by atoms with van der Waals surface area (Å²) in [6.07, 6.45) is 2.46. The fourth-order valence-corrected chi connectivity index (χ4v) is 2.58. The lowest BCUT2D eigenvalue weighted by molar-refractivity contribution is 0.347. The van der Waals surface area contributed by atoms with E-state index < -0.39 is 0 Å². The number of anilines is 1. The molecule has 0 aliphatic carbocycles. The van der Waals surface area contributed by atoms with E-state index >= 15 is 0 Å². The predicted octanol–water partition coefficient (Wildman–Crippen LogP) is 3.01. The van der Waals surface area contributed by atoms with Crippen molar-refractivity contribution in [2.75, 3.05) is 18.4 Å². The van der Waals surface area contributed by atoms with Crippen molar-refractivity contribution in [2.45, 2.75) is 25.8 Å². The minimum Gasteiger partial charge on any atom is -0.381 e. The molecule has 1 aliphatic heterocycles. The molecule has 0 radical (unpaired) electrons. The topological polar surface area (TPSA) is 47.9 Å². The highest BCUT2D eigenvalue weighted by atomic mass is 35.5. The van der Waals surface area contributed by atoms with Crippen molar-refractivity contribution in [3.63, 3.8) is 0 Å². The molecule has 2 N–H and O–H groups in total. The lowest BCUT2D eigenvalue weighted by Crippen LogP contribution is -2.38. The van der Waals surface area contributed by atoms with Gasteiger partial charge in [0.1, 0.15) is 6.07 Å². The molecule has 1 heterocycles. The van der Waals surface area contributed by atoms with Gasteiger partial charge >= 0.3 is 0 Å². The highest BCUT2D eigenvalue weighted by Crippen LogP contribution is 2.23. The third-order valence-electron chi connectivity index (χ3n) is 3.53. The van der Waals surface area contributed by atoms with Gasteiger partial charge in [-0.25, -0.2) is 0 Å². The van der Waals surface area contributed by atoms with Crippen molar-refractivity contribution in [1.29, 1.82) is 5.26 Å². The smallest absolute Gasteiger partial charge is 0.101 e. The molecule has 1 fully saturated rings. The second-order valence-electron chi connectivity index (χ2n) is 4.84. The Morgan fingerprint density at radius 3 is 3.06 bits per heavy atom. The Bertz CT molecular complexity index is 447. The molecular weight excluding hydrogens is 246 g/mol. The summed E-state index contributed by atoms with van der Waals surface area (Å²) in [5, 5.41) is 16.6. The van der Waals surface area contributed by atoms with Gasteiger partial charge in [-0.2, -0.15) is 5.26 Å². The van der Waals surface area contributed by atoms with Gasteiger partial charge in [0.25, 0.3) is 0 Å². The van der Waals surface area contributed by atoms with Gasteiger partial charge in [-0.05, 0) is 57.0 Å². The number of nitriles is 1. The van der Waals surface area contributed by atoms with E-state index in [9.17, 15) is 0 Å². The van der Waals surface area contributed by atoms with Crippen molar-refractivity contribution in [3.8, 4) is 6.07 Å². The second-order valence-corrected chi connectivity index (χ2v) is 5.28. The fraction of sp³-hybridized carbons (Fsp3) is 0.500. The molecule has 1 aliphatic rings. The van der Waals surface area contributed by atoms with Crippen LogP contribution in [0.5, 0.6) is 0 Å². The van der Waals surface area contributed by atoms with Crippen molar-refractivity contribution < 1.29 is 0 Å². The first-order valence-electron chi connectivity index (χ1n) is 6.37. The molecule has 0 spiro atoms. The Labute approximate surface area is 113 Å². The number of nitrogens with one attached hydrogen (secondary N) is 2. The normalized spacial score (nSPS) is 21.1. The summed E-state index contributed by atoms with van der Waals surface area (Å²) in [6.45, 7) is 4.34. The monoisotopic (exact) mass is 263 g/mol. The highest BCUT2D eigenvalue weighted by molar-refractivity contribution is 6.30. The molecule has 96 valence electrons. The van der Waals surface area contributed by atoms with Crippen molar-refractivity contribution in [1.82, 2.24) is 5.32 Å². The van der Waals surface area contributed by atoms with Crippen LogP contribution in [-0.4, -0.2) is 19.1 Å². The van der Waals surface area contributed by atoms with E-state index in [-0.39, 0.29) is 0 Å². The molecule has 4 heteroatoms. The van der Waals surface area contributed by atoms with Crippen molar-refractivity contribution >= 4 is 17.3 Å². The van der Waals surface area contributed by atoms with Gasteiger partial charge in [-0.3, -0.25) is 0 Å². The lowest BCUT2D eigenvalue weighted by atomic mass is 9.92. The molecule has 0 saturated carbocycles. The number of halogens is 1. The molecular formula is C14H18ClN3. The predicted molar refractivity (Wildman–Crippen MR) is 74.8 cm³/mol. The number of benzene rings is 1. The molecule has 2 unspecified atom stereocenters. The molecule has 3 nitrogen and oxygen atoms in total. The quantitative estimate of drug-likeness (QED) is 0.881. The van der Waals surface area contributed by atoms with Crippen LogP contribution in [0.2, 0.25) is 5.02 Å². The van der Waals surface area contributed by atoms with Gasteiger partial charge in [0.15, 0.2) is 0 Å². The highest BCUT2D eigenvalue weighted by Gasteiger charge is 2.20.